The summed E-state index contributed by atoms with van der Waals surface area (Å²) in [5, 5.41) is 9.03. The first-order valence-corrected chi connectivity index (χ1v) is 7.18. The van der Waals surface area contributed by atoms with E-state index in [0.29, 0.717) is 6.54 Å². The summed E-state index contributed by atoms with van der Waals surface area (Å²) in [5.41, 5.74) is 3.20. The predicted octanol–water partition coefficient (Wildman–Crippen LogP) is 3.27. The number of nitrogens with zero attached hydrogens (tertiary/aromatic N) is 1. The maximum Gasteiger partial charge on any atom is 0.320 e. The fourth-order valence-corrected chi connectivity index (χ4v) is 2.29. The molecule has 4 nitrogen and oxygen atoms in total. The van der Waals surface area contributed by atoms with E-state index in [9.17, 15) is 4.79 Å². The van der Waals surface area contributed by atoms with E-state index in [1.165, 1.54) is 0 Å². The Balaban J connectivity index is 2.15. The molecule has 0 aromatic heterocycles. The van der Waals surface area contributed by atoms with Gasteiger partial charge in [0.15, 0.2) is 0 Å². The number of carbonyl (C=O) groups is 1. The van der Waals surface area contributed by atoms with Crippen LogP contribution in [0.15, 0.2) is 48.5 Å². The molecule has 22 heavy (non-hydrogen) atoms. The first-order chi connectivity index (χ1) is 10.5. The van der Waals surface area contributed by atoms with Crippen molar-refractivity contribution in [1.82, 2.24) is 4.90 Å². The van der Waals surface area contributed by atoms with Crippen LogP contribution in [0, 0.1) is 0 Å². The Morgan fingerprint density at radius 2 is 1.82 bits per heavy atom. The molecule has 0 saturated carbocycles. The molecule has 2 aromatic rings. The van der Waals surface area contributed by atoms with Crippen LogP contribution in [-0.2, 0) is 11.3 Å². The first-order valence-electron chi connectivity index (χ1n) is 7.18. The Kier molecular flexibility index (Phi) is 5.17. The van der Waals surface area contributed by atoms with Crippen LogP contribution < -0.4 is 4.74 Å². The molecule has 0 spiro atoms. The van der Waals surface area contributed by atoms with E-state index < -0.39 is 12.0 Å². The summed E-state index contributed by atoms with van der Waals surface area (Å²) in [4.78, 5) is 12.8. The second kappa shape index (κ2) is 7.09. The Morgan fingerprint density at radius 3 is 2.41 bits per heavy atom. The molecule has 0 amide bonds. The largest absolute Gasteiger partial charge is 0.496 e. The topological polar surface area (TPSA) is 49.8 Å². The molecule has 1 atom stereocenters. The molecule has 0 saturated heterocycles. The van der Waals surface area contributed by atoms with Crippen LogP contribution >= 0.6 is 0 Å². The third-order valence-electron chi connectivity index (χ3n) is 3.82. The zero-order valence-electron chi connectivity index (χ0n) is 13.1. The van der Waals surface area contributed by atoms with Gasteiger partial charge in [0.25, 0.3) is 0 Å². The smallest absolute Gasteiger partial charge is 0.320 e. The highest BCUT2D eigenvalue weighted by atomic mass is 16.5. The van der Waals surface area contributed by atoms with Gasteiger partial charge in [-0.1, -0.05) is 42.5 Å². The number of hydrogen-bond acceptors (Lipinski definition) is 3. The van der Waals surface area contributed by atoms with Crippen LogP contribution in [0.25, 0.3) is 11.1 Å². The maximum absolute atomic E-state index is 11.0. The van der Waals surface area contributed by atoms with Gasteiger partial charge in [0.1, 0.15) is 11.8 Å². The van der Waals surface area contributed by atoms with Gasteiger partial charge in [0.05, 0.1) is 7.11 Å². The summed E-state index contributed by atoms with van der Waals surface area (Å²) in [6.07, 6.45) is 0. The molecule has 0 aliphatic carbocycles. The lowest BCUT2D eigenvalue weighted by molar-refractivity contribution is -0.142. The summed E-state index contributed by atoms with van der Waals surface area (Å²) < 4.78 is 5.38. The molecular formula is C18H21NO3. The van der Waals surface area contributed by atoms with Crippen molar-refractivity contribution in [2.24, 2.45) is 0 Å². The van der Waals surface area contributed by atoms with Gasteiger partial charge in [-0.15, -0.1) is 0 Å². The lowest BCUT2D eigenvalue weighted by atomic mass is 10.0. The van der Waals surface area contributed by atoms with Gasteiger partial charge in [-0.3, -0.25) is 9.69 Å². The summed E-state index contributed by atoms with van der Waals surface area (Å²) in [6.45, 7) is 2.28. The third-order valence-corrected chi connectivity index (χ3v) is 3.82. The highest BCUT2D eigenvalue weighted by Gasteiger charge is 2.16. The van der Waals surface area contributed by atoms with Gasteiger partial charge in [-0.25, -0.2) is 0 Å². The average Bonchev–Trinajstić information content (AvgIpc) is 2.54. The second-order valence-electron chi connectivity index (χ2n) is 5.33. The van der Waals surface area contributed by atoms with Crippen LogP contribution in [0.3, 0.4) is 0 Å². The van der Waals surface area contributed by atoms with E-state index in [4.69, 9.17) is 9.84 Å². The predicted molar refractivity (Wildman–Crippen MR) is 87.0 cm³/mol. The number of benzene rings is 2. The molecule has 116 valence electrons. The summed E-state index contributed by atoms with van der Waals surface area (Å²) >= 11 is 0. The lowest BCUT2D eigenvalue weighted by Crippen LogP contribution is -2.35. The number of methoxy groups -OCH3 is 1. The van der Waals surface area contributed by atoms with E-state index in [1.54, 1.807) is 18.9 Å². The molecule has 0 radical (unpaired) electrons. The van der Waals surface area contributed by atoms with Crippen LogP contribution in [0.5, 0.6) is 5.75 Å². The van der Waals surface area contributed by atoms with Crippen molar-refractivity contribution < 1.29 is 14.6 Å². The minimum absolute atomic E-state index is 0.506. The van der Waals surface area contributed by atoms with Crippen LogP contribution in [0.4, 0.5) is 0 Å². The number of para-hydroxylation sites is 1. The SMILES string of the molecule is COc1ccccc1-c1ccc(CN(C)C(C)C(=O)O)cc1. The molecule has 4 heteroatoms. The van der Waals surface area contributed by atoms with E-state index in [0.717, 1.165) is 22.4 Å². The van der Waals surface area contributed by atoms with Crippen LogP contribution in [0.1, 0.15) is 12.5 Å². The zero-order chi connectivity index (χ0) is 16.1. The molecule has 2 rings (SSSR count). The van der Waals surface area contributed by atoms with Crippen molar-refractivity contribution in [2.45, 2.75) is 19.5 Å². The van der Waals surface area contributed by atoms with Gasteiger partial charge in [0, 0.05) is 12.1 Å². The number of likely N-dealkylation sites (N-methyl/N-ethyl adjacent to an activating group) is 1. The fourth-order valence-electron chi connectivity index (χ4n) is 2.29. The average molecular weight is 299 g/mol. The first kappa shape index (κ1) is 16.0. The van der Waals surface area contributed by atoms with E-state index in [1.807, 2.05) is 55.6 Å². The molecular weight excluding hydrogens is 278 g/mol. The van der Waals surface area contributed by atoms with Gasteiger partial charge in [-0.2, -0.15) is 0 Å². The normalized spacial score (nSPS) is 12.2. The minimum Gasteiger partial charge on any atom is -0.496 e. The van der Waals surface area contributed by atoms with E-state index >= 15 is 0 Å². The second-order valence-corrected chi connectivity index (χ2v) is 5.33. The van der Waals surface area contributed by atoms with Crippen molar-refractivity contribution in [3.05, 3.63) is 54.1 Å². The molecule has 0 bridgehead atoms. The van der Waals surface area contributed by atoms with E-state index in [-0.39, 0.29) is 0 Å². The highest BCUT2D eigenvalue weighted by molar-refractivity contribution is 5.73. The maximum atomic E-state index is 11.0. The van der Waals surface area contributed by atoms with E-state index in [2.05, 4.69) is 0 Å². The van der Waals surface area contributed by atoms with Crippen molar-refractivity contribution in [1.29, 1.82) is 0 Å². The zero-order valence-corrected chi connectivity index (χ0v) is 13.1. The minimum atomic E-state index is -0.812. The lowest BCUT2D eigenvalue weighted by Gasteiger charge is -2.21. The third kappa shape index (κ3) is 3.65. The van der Waals surface area contributed by atoms with Crippen molar-refractivity contribution in [2.75, 3.05) is 14.2 Å². The summed E-state index contributed by atoms with van der Waals surface area (Å²) in [7, 11) is 3.47. The van der Waals surface area contributed by atoms with Gasteiger partial charge < -0.3 is 9.84 Å². The summed E-state index contributed by atoms with van der Waals surface area (Å²) in [5.74, 6) is 0.0278. The Labute approximate surface area is 131 Å². The number of ether oxygens (including phenoxy) is 1. The van der Waals surface area contributed by atoms with Crippen molar-refractivity contribution in [3.63, 3.8) is 0 Å². The highest BCUT2D eigenvalue weighted by Crippen LogP contribution is 2.29. The standard InChI is InChI=1S/C18H21NO3/c1-13(18(20)21)19(2)12-14-8-10-15(11-9-14)16-6-4-5-7-17(16)22-3/h4-11,13H,12H2,1-3H3,(H,20,21). The van der Waals surface area contributed by atoms with Gasteiger partial charge >= 0.3 is 5.97 Å². The number of carboxylic acids is 1. The van der Waals surface area contributed by atoms with Gasteiger partial charge in [-0.05, 0) is 31.2 Å². The number of hydrogen-bond donors (Lipinski definition) is 1. The van der Waals surface area contributed by atoms with Gasteiger partial charge in [0.2, 0.25) is 0 Å². The Hall–Kier alpha value is -2.33. The molecule has 2 aromatic carbocycles. The molecule has 1 unspecified atom stereocenters. The van der Waals surface area contributed by atoms with Crippen molar-refractivity contribution in [3.8, 4) is 16.9 Å². The van der Waals surface area contributed by atoms with Crippen LogP contribution in [0.2, 0.25) is 0 Å². The monoisotopic (exact) mass is 299 g/mol. The number of rotatable bonds is 6. The summed E-state index contributed by atoms with van der Waals surface area (Å²) in [6, 6.07) is 15.5. The van der Waals surface area contributed by atoms with Crippen molar-refractivity contribution >= 4 is 5.97 Å². The van der Waals surface area contributed by atoms with Crippen LogP contribution in [-0.4, -0.2) is 36.2 Å². The number of aliphatic carboxylic acids is 1. The number of carboxylic acid groups (broad SMARTS) is 1. The molecule has 0 aliphatic rings. The quantitative estimate of drug-likeness (QED) is 0.889. The molecule has 0 aliphatic heterocycles. The molecule has 0 fully saturated rings. The fraction of sp³-hybridized carbons (Fsp3) is 0.278. The molecule has 0 heterocycles. The Bertz CT molecular complexity index is 637. The Morgan fingerprint density at radius 1 is 1.18 bits per heavy atom. The molecule has 1 N–H and O–H groups in total.